The fraction of sp³-hybridized carbons (Fsp3) is 0.0667. The Bertz CT molecular complexity index is 833. The Morgan fingerprint density at radius 1 is 1.09 bits per heavy atom. The van der Waals surface area contributed by atoms with Gasteiger partial charge in [0, 0.05) is 40.4 Å². The third-order valence-corrected chi connectivity index (χ3v) is 3.57. The quantitative estimate of drug-likeness (QED) is 0.650. The third kappa shape index (κ3) is 2.76. The molecule has 0 bridgehead atoms. The van der Waals surface area contributed by atoms with Gasteiger partial charge in [-0.1, -0.05) is 6.07 Å². The summed E-state index contributed by atoms with van der Waals surface area (Å²) in [7, 11) is 0. The van der Waals surface area contributed by atoms with E-state index in [-0.39, 0.29) is 12.1 Å². The van der Waals surface area contributed by atoms with Crippen molar-refractivity contribution in [2.24, 2.45) is 0 Å². The zero-order valence-electron chi connectivity index (χ0n) is 11.1. The van der Waals surface area contributed by atoms with Gasteiger partial charge < -0.3 is 4.57 Å². The average Bonchev–Trinajstić information content (AvgIpc) is 2.96. The summed E-state index contributed by atoms with van der Waals surface area (Å²) >= 11 is 3.32. The van der Waals surface area contributed by atoms with Crippen LogP contribution in [0.2, 0.25) is 0 Å². The summed E-state index contributed by atoms with van der Waals surface area (Å²) in [6.45, 7) is 0.0326. The van der Waals surface area contributed by atoms with E-state index in [4.69, 9.17) is 0 Å². The van der Waals surface area contributed by atoms with Crippen molar-refractivity contribution in [1.29, 1.82) is 0 Å². The normalized spacial score (nSPS) is 10.9. The molecule has 0 spiro atoms. The number of hydrogen-bond donors (Lipinski definition) is 0. The predicted molar refractivity (Wildman–Crippen MR) is 78.6 cm³/mol. The van der Waals surface area contributed by atoms with Gasteiger partial charge in [-0.3, -0.25) is 4.98 Å². The lowest BCUT2D eigenvalue weighted by Gasteiger charge is -2.09. The zero-order chi connectivity index (χ0) is 15.7. The maximum Gasteiger partial charge on any atom is 0.194 e. The Kier molecular flexibility index (Phi) is 3.98. The van der Waals surface area contributed by atoms with Gasteiger partial charge in [-0.05, 0) is 28.1 Å². The summed E-state index contributed by atoms with van der Waals surface area (Å²) in [4.78, 5) is 8.25. The summed E-state index contributed by atoms with van der Waals surface area (Å²) < 4.78 is 42.5. The molecule has 0 unspecified atom stereocenters. The van der Waals surface area contributed by atoms with Gasteiger partial charge in [-0.2, -0.15) is 0 Å². The van der Waals surface area contributed by atoms with Crippen LogP contribution in [0.25, 0.3) is 11.4 Å². The number of benzene rings is 1. The Hall–Kier alpha value is -2.15. The largest absolute Gasteiger partial charge is 0.326 e. The first-order valence-electron chi connectivity index (χ1n) is 6.30. The van der Waals surface area contributed by atoms with Crippen molar-refractivity contribution in [2.75, 3.05) is 0 Å². The average molecular weight is 368 g/mol. The number of aromatic nitrogens is 3. The van der Waals surface area contributed by atoms with Crippen LogP contribution in [0.3, 0.4) is 0 Å². The molecule has 1 aromatic carbocycles. The number of imidazole rings is 1. The van der Waals surface area contributed by atoms with Crippen LogP contribution in [0.5, 0.6) is 0 Å². The van der Waals surface area contributed by atoms with E-state index in [0.29, 0.717) is 5.82 Å². The van der Waals surface area contributed by atoms with E-state index in [1.807, 2.05) is 6.07 Å². The fourth-order valence-electron chi connectivity index (χ4n) is 2.10. The maximum absolute atomic E-state index is 13.8. The Balaban J connectivity index is 1.98. The minimum atomic E-state index is -1.47. The molecular weight excluding hydrogens is 359 g/mol. The lowest BCUT2D eigenvalue weighted by molar-refractivity contribution is 0.439. The molecule has 0 amide bonds. The first kappa shape index (κ1) is 14.8. The lowest BCUT2D eigenvalue weighted by atomic mass is 10.2. The number of hydrogen-bond acceptors (Lipinski definition) is 2. The molecule has 0 aliphatic rings. The van der Waals surface area contributed by atoms with E-state index >= 15 is 0 Å². The first-order valence-corrected chi connectivity index (χ1v) is 7.10. The number of pyridine rings is 1. The molecule has 0 radical (unpaired) electrons. The van der Waals surface area contributed by atoms with E-state index in [0.717, 1.165) is 16.1 Å². The Labute approximate surface area is 132 Å². The summed E-state index contributed by atoms with van der Waals surface area (Å²) in [5.74, 6) is -3.31. The second-order valence-electron chi connectivity index (χ2n) is 4.61. The molecule has 0 atom stereocenters. The fourth-order valence-corrected chi connectivity index (χ4v) is 2.47. The first-order chi connectivity index (χ1) is 10.6. The van der Waals surface area contributed by atoms with Crippen molar-refractivity contribution in [3.8, 4) is 11.4 Å². The highest BCUT2D eigenvalue weighted by Crippen LogP contribution is 2.22. The molecule has 7 heteroatoms. The van der Waals surface area contributed by atoms with E-state index in [9.17, 15) is 13.2 Å². The summed E-state index contributed by atoms with van der Waals surface area (Å²) in [6.07, 6.45) is 6.43. The molecule has 0 aliphatic carbocycles. The van der Waals surface area contributed by atoms with E-state index < -0.39 is 17.5 Å². The van der Waals surface area contributed by atoms with Gasteiger partial charge in [0.15, 0.2) is 17.5 Å². The van der Waals surface area contributed by atoms with Crippen LogP contribution in [-0.2, 0) is 6.54 Å². The predicted octanol–water partition coefficient (Wildman–Crippen LogP) is 4.17. The van der Waals surface area contributed by atoms with Crippen LogP contribution in [-0.4, -0.2) is 14.5 Å². The van der Waals surface area contributed by atoms with Crippen LogP contribution in [0.15, 0.2) is 47.5 Å². The van der Waals surface area contributed by atoms with Crippen molar-refractivity contribution >= 4 is 15.9 Å². The smallest absolute Gasteiger partial charge is 0.194 e. The van der Waals surface area contributed by atoms with Gasteiger partial charge in [-0.15, -0.1) is 0 Å². The van der Waals surface area contributed by atoms with Crippen molar-refractivity contribution < 1.29 is 13.2 Å². The van der Waals surface area contributed by atoms with Crippen LogP contribution in [0, 0.1) is 17.5 Å². The van der Waals surface area contributed by atoms with Gasteiger partial charge in [0.05, 0.1) is 6.54 Å². The highest BCUT2D eigenvalue weighted by molar-refractivity contribution is 9.10. The molecule has 0 saturated carbocycles. The minimum Gasteiger partial charge on any atom is -0.326 e. The molecule has 2 aromatic heterocycles. The van der Waals surface area contributed by atoms with Gasteiger partial charge in [-0.25, -0.2) is 18.2 Å². The topological polar surface area (TPSA) is 30.7 Å². The molecule has 0 aliphatic heterocycles. The highest BCUT2D eigenvalue weighted by Gasteiger charge is 2.15. The standard InChI is InChI=1S/C15H9BrF3N3/c16-11-5-10(6-20-7-11)15-21-3-4-22(15)8-9-1-2-12(17)14(19)13(9)18/h1-7H,8H2. The second kappa shape index (κ2) is 5.92. The van der Waals surface area contributed by atoms with Gasteiger partial charge >= 0.3 is 0 Å². The minimum absolute atomic E-state index is 0.0326. The molecule has 22 heavy (non-hydrogen) atoms. The Morgan fingerprint density at radius 2 is 1.91 bits per heavy atom. The molecular formula is C15H9BrF3N3. The van der Waals surface area contributed by atoms with Crippen molar-refractivity contribution in [3.05, 3.63) is 70.5 Å². The lowest BCUT2D eigenvalue weighted by Crippen LogP contribution is -2.05. The van der Waals surface area contributed by atoms with Crippen molar-refractivity contribution in [1.82, 2.24) is 14.5 Å². The van der Waals surface area contributed by atoms with Gasteiger partial charge in [0.2, 0.25) is 0 Å². The van der Waals surface area contributed by atoms with Gasteiger partial charge in [0.25, 0.3) is 0 Å². The number of rotatable bonds is 3. The third-order valence-electron chi connectivity index (χ3n) is 3.13. The molecule has 3 rings (SSSR count). The Morgan fingerprint density at radius 3 is 2.68 bits per heavy atom. The molecule has 112 valence electrons. The zero-order valence-corrected chi connectivity index (χ0v) is 12.7. The van der Waals surface area contributed by atoms with Gasteiger partial charge in [0.1, 0.15) is 5.82 Å². The molecule has 3 aromatic rings. The molecule has 0 saturated heterocycles. The van der Waals surface area contributed by atoms with Crippen LogP contribution in [0.4, 0.5) is 13.2 Å². The number of halogens is 4. The maximum atomic E-state index is 13.8. The van der Waals surface area contributed by atoms with E-state index in [2.05, 4.69) is 25.9 Å². The highest BCUT2D eigenvalue weighted by atomic mass is 79.9. The monoisotopic (exact) mass is 367 g/mol. The summed E-state index contributed by atoms with van der Waals surface area (Å²) in [5, 5.41) is 0. The second-order valence-corrected chi connectivity index (χ2v) is 5.52. The van der Waals surface area contributed by atoms with Crippen LogP contribution >= 0.6 is 15.9 Å². The molecule has 2 heterocycles. The van der Waals surface area contributed by atoms with Crippen LogP contribution in [0.1, 0.15) is 5.56 Å². The summed E-state index contributed by atoms with van der Waals surface area (Å²) in [6, 6.07) is 3.94. The number of nitrogens with zero attached hydrogens (tertiary/aromatic N) is 3. The van der Waals surface area contributed by atoms with E-state index in [1.54, 1.807) is 29.4 Å². The van der Waals surface area contributed by atoms with Crippen molar-refractivity contribution in [2.45, 2.75) is 6.54 Å². The van der Waals surface area contributed by atoms with E-state index in [1.165, 1.54) is 6.07 Å². The SMILES string of the molecule is Fc1ccc(Cn2ccnc2-c2cncc(Br)c2)c(F)c1F. The molecule has 0 N–H and O–H groups in total. The van der Waals surface area contributed by atoms with Crippen molar-refractivity contribution in [3.63, 3.8) is 0 Å². The summed E-state index contributed by atoms with van der Waals surface area (Å²) in [5.41, 5.74) is 0.767. The molecule has 3 nitrogen and oxygen atoms in total. The van der Waals surface area contributed by atoms with Crippen LogP contribution < -0.4 is 0 Å². The molecule has 0 fully saturated rings.